The lowest BCUT2D eigenvalue weighted by atomic mass is 10.1. The van der Waals surface area contributed by atoms with Gasteiger partial charge in [0.05, 0.1) is 4.92 Å². The van der Waals surface area contributed by atoms with Crippen molar-refractivity contribution in [1.82, 2.24) is 9.97 Å². The Morgan fingerprint density at radius 1 is 1.56 bits per heavy atom. The summed E-state index contributed by atoms with van der Waals surface area (Å²) in [5.41, 5.74) is -0.00278. The van der Waals surface area contributed by atoms with E-state index in [-0.39, 0.29) is 5.69 Å². The molecule has 1 heterocycles. The van der Waals surface area contributed by atoms with Gasteiger partial charge in [-0.3, -0.25) is 10.1 Å². The highest BCUT2D eigenvalue weighted by Crippen LogP contribution is 2.33. The van der Waals surface area contributed by atoms with Gasteiger partial charge in [-0.1, -0.05) is 24.6 Å². The van der Waals surface area contributed by atoms with Crippen molar-refractivity contribution >= 4 is 23.4 Å². The Balaban J connectivity index is 2.10. The zero-order valence-corrected chi connectivity index (χ0v) is 11.1. The zero-order chi connectivity index (χ0) is 13.0. The molecule has 1 aliphatic carbocycles. The zero-order valence-electron chi connectivity index (χ0n) is 10.3. The lowest BCUT2D eigenvalue weighted by Crippen LogP contribution is -2.03. The van der Waals surface area contributed by atoms with Crippen LogP contribution in [-0.4, -0.2) is 27.7 Å². The predicted molar refractivity (Wildman–Crippen MR) is 70.9 cm³/mol. The summed E-state index contributed by atoms with van der Waals surface area (Å²) in [6, 6.07) is 0. The van der Waals surface area contributed by atoms with Gasteiger partial charge < -0.3 is 5.32 Å². The lowest BCUT2D eigenvalue weighted by molar-refractivity contribution is -0.388. The number of thioether (sulfide) groups is 1. The summed E-state index contributed by atoms with van der Waals surface area (Å²) in [4.78, 5) is 18.5. The van der Waals surface area contributed by atoms with Crippen LogP contribution in [0.3, 0.4) is 0 Å². The van der Waals surface area contributed by atoms with Gasteiger partial charge in [-0.2, -0.15) is 4.98 Å². The molecule has 2 rings (SSSR count). The van der Waals surface area contributed by atoms with Gasteiger partial charge >= 0.3 is 5.69 Å². The number of nitrogens with one attached hydrogen (secondary N) is 1. The Morgan fingerprint density at radius 3 is 2.89 bits per heavy atom. The highest BCUT2D eigenvalue weighted by molar-refractivity contribution is 7.99. The molecule has 1 aromatic rings. The maximum Gasteiger partial charge on any atom is 0.319 e. The second-order valence-corrected chi connectivity index (χ2v) is 5.36. The predicted octanol–water partition coefficient (Wildman–Crippen LogP) is 2.71. The largest absolute Gasteiger partial charge is 0.357 e. The Labute approximate surface area is 110 Å². The first-order valence-corrected chi connectivity index (χ1v) is 7.01. The maximum atomic E-state index is 10.9. The number of hydrogen-bond acceptors (Lipinski definition) is 6. The molecule has 1 aromatic heterocycles. The Kier molecular flexibility index (Phi) is 4.35. The molecule has 0 spiro atoms. The Bertz CT molecular complexity index is 435. The summed E-state index contributed by atoms with van der Waals surface area (Å²) < 4.78 is 0. The first-order chi connectivity index (χ1) is 8.70. The number of nitro groups is 1. The molecular weight excluding hydrogens is 252 g/mol. The fraction of sp³-hybridized carbons (Fsp3) is 0.636. The molecule has 0 aliphatic heterocycles. The molecule has 0 atom stereocenters. The van der Waals surface area contributed by atoms with Crippen LogP contribution in [0.1, 0.15) is 25.7 Å². The quantitative estimate of drug-likeness (QED) is 0.383. The minimum atomic E-state index is -0.420. The van der Waals surface area contributed by atoms with E-state index in [2.05, 4.69) is 15.3 Å². The molecule has 1 saturated carbocycles. The number of hydrogen-bond donors (Lipinski definition) is 1. The Morgan fingerprint density at radius 2 is 2.28 bits per heavy atom. The average molecular weight is 268 g/mol. The summed E-state index contributed by atoms with van der Waals surface area (Å²) in [6.45, 7) is 0. The second-order valence-electron chi connectivity index (χ2n) is 4.35. The summed E-state index contributed by atoms with van der Waals surface area (Å²) in [5, 5.41) is 14.2. The van der Waals surface area contributed by atoms with Crippen molar-refractivity contribution in [2.75, 3.05) is 18.1 Å². The Hall–Kier alpha value is -1.37. The van der Waals surface area contributed by atoms with Crippen molar-refractivity contribution in [3.05, 3.63) is 16.3 Å². The second kappa shape index (κ2) is 5.99. The summed E-state index contributed by atoms with van der Waals surface area (Å²) in [7, 11) is 1.70. The average Bonchev–Trinajstić information content (AvgIpc) is 2.88. The fourth-order valence-corrected chi connectivity index (χ4v) is 3.24. The van der Waals surface area contributed by atoms with Gasteiger partial charge in [-0.05, 0) is 18.8 Å². The third-order valence-corrected chi connectivity index (χ3v) is 4.30. The van der Waals surface area contributed by atoms with E-state index in [1.165, 1.54) is 43.6 Å². The van der Waals surface area contributed by atoms with Crippen molar-refractivity contribution in [2.24, 2.45) is 5.92 Å². The maximum absolute atomic E-state index is 10.9. The topological polar surface area (TPSA) is 81.0 Å². The molecule has 0 saturated heterocycles. The van der Waals surface area contributed by atoms with Crippen molar-refractivity contribution in [2.45, 2.75) is 30.7 Å². The molecular formula is C11H16N4O2S. The van der Waals surface area contributed by atoms with E-state index in [1.54, 1.807) is 7.05 Å². The van der Waals surface area contributed by atoms with Crippen LogP contribution in [0, 0.1) is 16.0 Å². The minimum absolute atomic E-state index is 0.00278. The number of aromatic nitrogens is 2. The van der Waals surface area contributed by atoms with Gasteiger partial charge in [0.1, 0.15) is 6.20 Å². The highest BCUT2D eigenvalue weighted by atomic mass is 32.2. The third kappa shape index (κ3) is 3.10. The summed E-state index contributed by atoms with van der Waals surface area (Å²) in [5.74, 6) is 2.00. The van der Waals surface area contributed by atoms with Crippen LogP contribution < -0.4 is 5.32 Å². The van der Waals surface area contributed by atoms with E-state index in [4.69, 9.17) is 0 Å². The number of rotatable bonds is 5. The van der Waals surface area contributed by atoms with Crippen LogP contribution in [0.5, 0.6) is 0 Å². The van der Waals surface area contributed by atoms with E-state index >= 15 is 0 Å². The van der Waals surface area contributed by atoms with Gasteiger partial charge in [-0.25, -0.2) is 4.98 Å². The van der Waals surface area contributed by atoms with Gasteiger partial charge in [0.15, 0.2) is 5.03 Å². The van der Waals surface area contributed by atoms with Crippen LogP contribution in [-0.2, 0) is 0 Å². The first-order valence-electron chi connectivity index (χ1n) is 6.02. The number of anilines is 1. The van der Waals surface area contributed by atoms with Crippen molar-refractivity contribution in [1.29, 1.82) is 0 Å². The first kappa shape index (κ1) is 13.1. The standard InChI is InChI=1S/C11H16N4O2S/c1-12-11-13-6-9(15(16)17)10(14-11)18-7-8-4-2-3-5-8/h6,8H,2-5,7H2,1H3,(H,12,13,14). The van der Waals surface area contributed by atoms with Gasteiger partial charge in [0.2, 0.25) is 5.95 Å². The van der Waals surface area contributed by atoms with E-state index in [1.807, 2.05) is 0 Å². The van der Waals surface area contributed by atoms with Crippen molar-refractivity contribution in [3.63, 3.8) is 0 Å². The van der Waals surface area contributed by atoms with Gasteiger partial charge in [-0.15, -0.1) is 0 Å². The smallest absolute Gasteiger partial charge is 0.319 e. The SMILES string of the molecule is CNc1ncc([N+](=O)[O-])c(SCC2CCCC2)n1. The van der Waals surface area contributed by atoms with Crippen molar-refractivity contribution < 1.29 is 4.92 Å². The van der Waals surface area contributed by atoms with Crippen LogP contribution in [0.25, 0.3) is 0 Å². The molecule has 0 radical (unpaired) electrons. The van der Waals surface area contributed by atoms with E-state index in [0.717, 1.165) is 5.75 Å². The van der Waals surface area contributed by atoms with Crippen molar-refractivity contribution in [3.8, 4) is 0 Å². The van der Waals surface area contributed by atoms with Crippen LogP contribution in [0.4, 0.5) is 11.6 Å². The van der Waals surface area contributed by atoms with Crippen LogP contribution >= 0.6 is 11.8 Å². The molecule has 0 unspecified atom stereocenters. The molecule has 0 amide bonds. The van der Waals surface area contributed by atoms with Gasteiger partial charge in [0.25, 0.3) is 0 Å². The third-order valence-electron chi connectivity index (χ3n) is 3.09. The molecule has 0 bridgehead atoms. The minimum Gasteiger partial charge on any atom is -0.357 e. The molecule has 7 heteroatoms. The molecule has 0 aromatic carbocycles. The highest BCUT2D eigenvalue weighted by Gasteiger charge is 2.21. The molecule has 98 valence electrons. The molecule has 1 fully saturated rings. The van der Waals surface area contributed by atoms with Crippen LogP contribution in [0.15, 0.2) is 11.2 Å². The van der Waals surface area contributed by atoms with E-state index in [9.17, 15) is 10.1 Å². The summed E-state index contributed by atoms with van der Waals surface area (Å²) >= 11 is 1.47. The molecule has 18 heavy (non-hydrogen) atoms. The molecule has 1 aliphatic rings. The summed E-state index contributed by atoms with van der Waals surface area (Å²) in [6.07, 6.45) is 6.28. The lowest BCUT2D eigenvalue weighted by Gasteiger charge is -2.08. The normalized spacial score (nSPS) is 15.8. The number of nitrogens with zero attached hydrogens (tertiary/aromatic N) is 3. The fourth-order valence-electron chi connectivity index (χ4n) is 2.09. The molecule has 1 N–H and O–H groups in total. The van der Waals surface area contributed by atoms with E-state index < -0.39 is 4.92 Å². The molecule has 6 nitrogen and oxygen atoms in total. The monoisotopic (exact) mass is 268 g/mol. The van der Waals surface area contributed by atoms with Crippen LogP contribution in [0.2, 0.25) is 0 Å². The van der Waals surface area contributed by atoms with E-state index in [0.29, 0.717) is 16.9 Å². The van der Waals surface area contributed by atoms with Gasteiger partial charge in [0, 0.05) is 12.8 Å².